The first-order chi connectivity index (χ1) is 35.0. The van der Waals surface area contributed by atoms with Crippen LogP contribution in [0.5, 0.6) is 0 Å². The summed E-state index contributed by atoms with van der Waals surface area (Å²) in [5, 5.41) is 0. The highest BCUT2D eigenvalue weighted by Gasteiger charge is 2.54. The zero-order valence-electron chi connectivity index (χ0n) is 39.2. The van der Waals surface area contributed by atoms with Gasteiger partial charge in [-0.3, -0.25) is 0 Å². The molecule has 5 aliphatic carbocycles. The minimum absolute atomic E-state index is 0.196. The standard InChI is InChI=1S/C68H43N3/c1-66(2)51-28-10-3-19-41(51)46-38-37-40(39-60(46)66)63-69-64(49-26-17-35-58-61(49)47-24-8-15-33-56(47)67(58)52-29-11-4-20-42(52)43-21-5-12-30-53(43)67)71-65(70-63)50-27-18-36-59-62(50)48-25-9-16-34-57(48)68(59)54-31-13-6-22-44(54)45-23-7-14-32-55(45)68/h3-39H,1-2H3. The van der Waals surface area contributed by atoms with E-state index in [1.54, 1.807) is 0 Å². The smallest absolute Gasteiger partial charge is 0.164 e. The molecule has 3 nitrogen and oxygen atoms in total. The first-order valence-electron chi connectivity index (χ1n) is 24.9. The Kier molecular flexibility index (Phi) is 7.55. The quantitative estimate of drug-likeness (QED) is 0.177. The second kappa shape index (κ2) is 13.7. The van der Waals surface area contributed by atoms with Gasteiger partial charge in [0.05, 0.1) is 10.8 Å². The van der Waals surface area contributed by atoms with Gasteiger partial charge in [-0.2, -0.15) is 0 Å². The maximum Gasteiger partial charge on any atom is 0.164 e. The molecule has 330 valence electrons. The molecule has 71 heavy (non-hydrogen) atoms. The first-order valence-corrected chi connectivity index (χ1v) is 24.9. The molecule has 0 amide bonds. The predicted molar refractivity (Wildman–Crippen MR) is 286 cm³/mol. The molecule has 10 aromatic carbocycles. The van der Waals surface area contributed by atoms with Crippen molar-refractivity contribution in [1.29, 1.82) is 0 Å². The summed E-state index contributed by atoms with van der Waals surface area (Å²) in [6.07, 6.45) is 0. The van der Waals surface area contributed by atoms with Crippen molar-refractivity contribution in [2.45, 2.75) is 30.1 Å². The van der Waals surface area contributed by atoms with Crippen molar-refractivity contribution in [3.05, 3.63) is 280 Å². The zero-order chi connectivity index (χ0) is 46.8. The van der Waals surface area contributed by atoms with Crippen LogP contribution >= 0.6 is 0 Å². The summed E-state index contributed by atoms with van der Waals surface area (Å²) in [4.78, 5) is 17.0. The first kappa shape index (κ1) is 39.1. The topological polar surface area (TPSA) is 38.7 Å². The Bertz CT molecular complexity index is 3870. The average Bonchev–Trinajstić information content (AvgIpc) is 4.17. The predicted octanol–water partition coefficient (Wildman–Crippen LogP) is 15.9. The van der Waals surface area contributed by atoms with Gasteiger partial charge in [0, 0.05) is 22.1 Å². The van der Waals surface area contributed by atoms with Crippen molar-refractivity contribution < 1.29 is 0 Å². The fourth-order valence-corrected chi connectivity index (χ4v) is 14.2. The number of fused-ring (bicyclic) bond motifs is 23. The van der Waals surface area contributed by atoms with Gasteiger partial charge in [-0.15, -0.1) is 0 Å². The van der Waals surface area contributed by atoms with Crippen LogP contribution in [-0.2, 0) is 16.2 Å². The number of rotatable bonds is 3. The molecule has 0 aliphatic heterocycles. The highest BCUT2D eigenvalue weighted by molar-refractivity contribution is 6.02. The summed E-state index contributed by atoms with van der Waals surface area (Å²) in [6.45, 7) is 4.68. The largest absolute Gasteiger partial charge is 0.208 e. The van der Waals surface area contributed by atoms with E-state index in [0.29, 0.717) is 17.5 Å². The highest BCUT2D eigenvalue weighted by Crippen LogP contribution is 2.66. The van der Waals surface area contributed by atoms with Crippen LogP contribution in [-0.4, -0.2) is 15.0 Å². The Hall–Kier alpha value is -8.79. The van der Waals surface area contributed by atoms with Gasteiger partial charge in [0.1, 0.15) is 0 Å². The zero-order valence-corrected chi connectivity index (χ0v) is 39.2. The molecule has 0 radical (unpaired) electrons. The van der Waals surface area contributed by atoms with E-state index < -0.39 is 10.8 Å². The van der Waals surface area contributed by atoms with Gasteiger partial charge < -0.3 is 0 Å². The van der Waals surface area contributed by atoms with E-state index in [9.17, 15) is 0 Å². The van der Waals surface area contributed by atoms with E-state index in [1.165, 1.54) is 111 Å². The normalized spacial score (nSPS) is 15.2. The molecule has 11 aromatic rings. The third kappa shape index (κ3) is 4.72. The van der Waals surface area contributed by atoms with E-state index >= 15 is 0 Å². The summed E-state index contributed by atoms with van der Waals surface area (Å²) in [5.41, 5.74) is 27.2. The van der Waals surface area contributed by atoms with E-state index in [2.05, 4.69) is 238 Å². The summed E-state index contributed by atoms with van der Waals surface area (Å²) in [7, 11) is 0. The molecule has 0 unspecified atom stereocenters. The Morgan fingerprint density at radius 1 is 0.239 bits per heavy atom. The van der Waals surface area contributed by atoms with Crippen molar-refractivity contribution in [3.63, 3.8) is 0 Å². The lowest BCUT2D eigenvalue weighted by atomic mass is 9.70. The fraction of sp³-hybridized carbons (Fsp3) is 0.0735. The molecule has 2 spiro atoms. The summed E-state index contributed by atoms with van der Waals surface area (Å²) >= 11 is 0. The molecule has 0 saturated heterocycles. The van der Waals surface area contributed by atoms with Crippen LogP contribution in [0.2, 0.25) is 0 Å². The van der Waals surface area contributed by atoms with Gasteiger partial charge in [-0.05, 0) is 117 Å². The van der Waals surface area contributed by atoms with Gasteiger partial charge in [0.15, 0.2) is 17.5 Å². The fourth-order valence-electron chi connectivity index (χ4n) is 14.2. The summed E-state index contributed by atoms with van der Waals surface area (Å²) in [6, 6.07) is 83.3. The van der Waals surface area contributed by atoms with Crippen molar-refractivity contribution in [1.82, 2.24) is 15.0 Å². The summed E-state index contributed by atoms with van der Waals surface area (Å²) in [5.74, 6) is 1.97. The lowest BCUT2D eigenvalue weighted by Crippen LogP contribution is -2.25. The molecule has 1 heterocycles. The van der Waals surface area contributed by atoms with Crippen molar-refractivity contribution in [3.8, 4) is 89.8 Å². The third-order valence-corrected chi connectivity index (χ3v) is 17.0. The molecule has 16 rings (SSSR count). The van der Waals surface area contributed by atoms with Gasteiger partial charge >= 0.3 is 0 Å². The Morgan fingerprint density at radius 2 is 0.535 bits per heavy atom. The van der Waals surface area contributed by atoms with Crippen LogP contribution in [0.25, 0.3) is 89.8 Å². The van der Waals surface area contributed by atoms with E-state index in [-0.39, 0.29) is 5.41 Å². The van der Waals surface area contributed by atoms with Crippen molar-refractivity contribution in [2.24, 2.45) is 0 Å². The highest BCUT2D eigenvalue weighted by atomic mass is 15.0. The molecule has 5 aliphatic rings. The lowest BCUT2D eigenvalue weighted by Gasteiger charge is -2.30. The van der Waals surface area contributed by atoms with Crippen LogP contribution in [0, 0.1) is 0 Å². The van der Waals surface area contributed by atoms with Gasteiger partial charge in [0.25, 0.3) is 0 Å². The lowest BCUT2D eigenvalue weighted by molar-refractivity contribution is 0.660. The Labute approximate surface area is 412 Å². The number of aromatic nitrogens is 3. The monoisotopic (exact) mass is 901 g/mol. The second-order valence-corrected chi connectivity index (χ2v) is 20.5. The van der Waals surface area contributed by atoms with Gasteiger partial charge in [-0.25, -0.2) is 15.0 Å². The Morgan fingerprint density at radius 3 is 0.958 bits per heavy atom. The van der Waals surface area contributed by atoms with Crippen LogP contribution in [0.15, 0.2) is 224 Å². The number of benzene rings is 10. The molecule has 0 fully saturated rings. The van der Waals surface area contributed by atoms with E-state index in [0.717, 1.165) is 16.7 Å². The van der Waals surface area contributed by atoms with E-state index in [4.69, 9.17) is 15.0 Å². The SMILES string of the molecule is CC1(C)c2ccccc2-c2ccc(-c3nc(-c4cccc5c4-c4ccccc4C54c5ccccc5-c5ccccc54)nc(-c4cccc5c4-c4ccccc4C54c5ccccc5-c5ccccc54)n3)cc21. The molecule has 0 atom stereocenters. The van der Waals surface area contributed by atoms with Crippen LogP contribution in [0.1, 0.15) is 69.5 Å². The molecule has 0 N–H and O–H groups in total. The average molecular weight is 902 g/mol. The second-order valence-electron chi connectivity index (χ2n) is 20.5. The molecule has 0 bridgehead atoms. The minimum atomic E-state index is -0.499. The summed E-state index contributed by atoms with van der Waals surface area (Å²) < 4.78 is 0. The number of hydrogen-bond acceptors (Lipinski definition) is 3. The van der Waals surface area contributed by atoms with Crippen LogP contribution in [0.3, 0.4) is 0 Å². The van der Waals surface area contributed by atoms with E-state index in [1.807, 2.05) is 0 Å². The Balaban J connectivity index is 0.981. The molecule has 3 heteroatoms. The van der Waals surface area contributed by atoms with Crippen molar-refractivity contribution >= 4 is 0 Å². The van der Waals surface area contributed by atoms with Gasteiger partial charge in [-0.1, -0.05) is 232 Å². The van der Waals surface area contributed by atoms with Gasteiger partial charge in [0.2, 0.25) is 0 Å². The molecular weight excluding hydrogens is 859 g/mol. The molecular formula is C68H43N3. The molecule has 0 saturated carbocycles. The number of hydrogen-bond donors (Lipinski definition) is 0. The third-order valence-electron chi connectivity index (χ3n) is 17.0. The maximum absolute atomic E-state index is 5.72. The minimum Gasteiger partial charge on any atom is -0.208 e. The maximum atomic E-state index is 5.72. The van der Waals surface area contributed by atoms with Crippen LogP contribution < -0.4 is 0 Å². The number of nitrogens with zero attached hydrogens (tertiary/aromatic N) is 3. The van der Waals surface area contributed by atoms with Crippen LogP contribution in [0.4, 0.5) is 0 Å². The van der Waals surface area contributed by atoms with Crippen molar-refractivity contribution in [2.75, 3.05) is 0 Å². The molecule has 1 aromatic heterocycles.